The van der Waals surface area contributed by atoms with Crippen molar-refractivity contribution in [1.82, 2.24) is 10.6 Å². The molecule has 0 bridgehead atoms. The Labute approximate surface area is 131 Å². The van der Waals surface area contributed by atoms with Crippen molar-refractivity contribution in [3.8, 4) is 0 Å². The number of hydrogen-bond acceptors (Lipinski definition) is 3. The van der Waals surface area contributed by atoms with Gasteiger partial charge in [0.1, 0.15) is 0 Å². The summed E-state index contributed by atoms with van der Waals surface area (Å²) in [4.78, 5) is 7.43. The molecule has 0 aromatic carbocycles. The van der Waals surface area contributed by atoms with E-state index in [1.165, 1.54) is 15.5 Å². The van der Waals surface area contributed by atoms with E-state index in [4.69, 9.17) is 0 Å². The highest BCUT2D eigenvalue weighted by molar-refractivity contribution is 7.98. The first-order valence-corrected chi connectivity index (χ1v) is 9.45. The Bertz CT molecular complexity index is 402. The smallest absolute Gasteiger partial charge is 0.191 e. The predicted octanol–water partition coefficient (Wildman–Crippen LogP) is 3.30. The average Bonchev–Trinajstić information content (AvgIpc) is 2.80. The van der Waals surface area contributed by atoms with Gasteiger partial charge in [-0.1, -0.05) is 0 Å². The lowest BCUT2D eigenvalue weighted by molar-refractivity contribution is 0.645. The number of rotatable bonds is 8. The molecule has 0 radical (unpaired) electrons. The van der Waals surface area contributed by atoms with Gasteiger partial charge in [0.25, 0.3) is 0 Å². The van der Waals surface area contributed by atoms with E-state index in [1.807, 2.05) is 23.1 Å². The van der Waals surface area contributed by atoms with E-state index in [-0.39, 0.29) is 0 Å². The Morgan fingerprint density at radius 1 is 1.45 bits per heavy atom. The van der Waals surface area contributed by atoms with Crippen LogP contribution in [0.1, 0.15) is 30.0 Å². The van der Waals surface area contributed by atoms with Crippen molar-refractivity contribution in [2.24, 2.45) is 4.99 Å². The summed E-state index contributed by atoms with van der Waals surface area (Å²) in [6.07, 6.45) is 4.32. The maximum Gasteiger partial charge on any atom is 0.191 e. The van der Waals surface area contributed by atoms with Gasteiger partial charge in [-0.2, -0.15) is 11.8 Å². The summed E-state index contributed by atoms with van der Waals surface area (Å²) in [5.74, 6) is 2.11. The van der Waals surface area contributed by atoms with Gasteiger partial charge >= 0.3 is 0 Å². The number of guanidine groups is 1. The Morgan fingerprint density at radius 3 is 2.85 bits per heavy atom. The molecule has 0 saturated carbocycles. The van der Waals surface area contributed by atoms with E-state index >= 15 is 0 Å². The summed E-state index contributed by atoms with van der Waals surface area (Å²) in [5.41, 5.74) is 0. The predicted molar refractivity (Wildman–Crippen MR) is 94.3 cm³/mol. The molecule has 0 aliphatic heterocycles. The summed E-state index contributed by atoms with van der Waals surface area (Å²) in [7, 11) is 0. The highest BCUT2D eigenvalue weighted by Gasteiger charge is 2.07. The first-order chi connectivity index (χ1) is 9.65. The highest BCUT2D eigenvalue weighted by Crippen LogP contribution is 2.16. The van der Waals surface area contributed by atoms with Gasteiger partial charge in [-0.05, 0) is 51.3 Å². The average molecular weight is 314 g/mol. The van der Waals surface area contributed by atoms with E-state index in [0.29, 0.717) is 6.04 Å². The van der Waals surface area contributed by atoms with Gasteiger partial charge in [-0.3, -0.25) is 4.99 Å². The second kappa shape index (κ2) is 10.1. The molecule has 2 N–H and O–H groups in total. The Morgan fingerprint density at radius 2 is 2.25 bits per heavy atom. The fourth-order valence-corrected chi connectivity index (χ4v) is 3.34. The van der Waals surface area contributed by atoms with Crippen LogP contribution >= 0.6 is 23.1 Å². The molecular weight excluding hydrogens is 286 g/mol. The van der Waals surface area contributed by atoms with Crippen LogP contribution in [0.25, 0.3) is 0 Å². The minimum atomic E-state index is 0.395. The van der Waals surface area contributed by atoms with Gasteiger partial charge in [-0.15, -0.1) is 11.3 Å². The Kier molecular flexibility index (Phi) is 8.78. The standard InChI is InChI=1S/C15H27N3S2/c1-5-16-15(17-9-6-10-19-4)18-12(2)11-14-8-7-13(3)20-14/h7-8,12H,5-6,9-11H2,1-4H3,(H2,16,17,18). The Hall–Kier alpha value is -0.680. The zero-order valence-corrected chi connectivity index (χ0v) is 14.7. The minimum Gasteiger partial charge on any atom is -0.357 e. The largest absolute Gasteiger partial charge is 0.357 e. The molecule has 1 heterocycles. The van der Waals surface area contributed by atoms with Gasteiger partial charge < -0.3 is 10.6 Å². The monoisotopic (exact) mass is 313 g/mol. The van der Waals surface area contributed by atoms with E-state index in [1.54, 1.807) is 0 Å². The fraction of sp³-hybridized carbons (Fsp3) is 0.667. The van der Waals surface area contributed by atoms with Crippen LogP contribution < -0.4 is 10.6 Å². The van der Waals surface area contributed by atoms with Crippen LogP contribution in [0.3, 0.4) is 0 Å². The van der Waals surface area contributed by atoms with Gasteiger partial charge in [0, 0.05) is 35.3 Å². The van der Waals surface area contributed by atoms with Crippen molar-refractivity contribution in [2.75, 3.05) is 25.1 Å². The Balaban J connectivity index is 2.42. The molecule has 0 amide bonds. The van der Waals surface area contributed by atoms with Crippen LogP contribution in [0.2, 0.25) is 0 Å². The van der Waals surface area contributed by atoms with Crippen LogP contribution in [0.4, 0.5) is 0 Å². The molecule has 114 valence electrons. The molecule has 0 aliphatic carbocycles. The van der Waals surface area contributed by atoms with Crippen molar-refractivity contribution in [3.63, 3.8) is 0 Å². The number of hydrogen-bond donors (Lipinski definition) is 2. The number of aliphatic imine (C=N–C) groups is 1. The summed E-state index contributed by atoms with van der Waals surface area (Å²) >= 11 is 3.75. The number of thiophene rings is 1. The third-order valence-corrected chi connectivity index (χ3v) is 4.53. The highest BCUT2D eigenvalue weighted by atomic mass is 32.2. The minimum absolute atomic E-state index is 0.395. The summed E-state index contributed by atoms with van der Waals surface area (Å²) in [5, 5.41) is 6.81. The summed E-state index contributed by atoms with van der Waals surface area (Å²) in [6, 6.07) is 4.81. The molecule has 3 nitrogen and oxygen atoms in total. The summed E-state index contributed by atoms with van der Waals surface area (Å²) in [6.45, 7) is 8.26. The summed E-state index contributed by atoms with van der Waals surface area (Å²) < 4.78 is 0. The zero-order valence-electron chi connectivity index (χ0n) is 13.0. The lowest BCUT2D eigenvalue weighted by atomic mass is 10.2. The lowest BCUT2D eigenvalue weighted by Gasteiger charge is -2.17. The van der Waals surface area contributed by atoms with E-state index < -0.39 is 0 Å². The van der Waals surface area contributed by atoms with Crippen molar-refractivity contribution in [2.45, 2.75) is 39.7 Å². The molecule has 1 aromatic heterocycles. The van der Waals surface area contributed by atoms with Gasteiger partial charge in [0.15, 0.2) is 5.96 Å². The maximum atomic E-state index is 4.62. The van der Waals surface area contributed by atoms with Gasteiger partial charge in [-0.25, -0.2) is 0 Å². The first kappa shape index (κ1) is 17.4. The van der Waals surface area contributed by atoms with Crippen molar-refractivity contribution in [1.29, 1.82) is 0 Å². The molecule has 5 heteroatoms. The van der Waals surface area contributed by atoms with Crippen LogP contribution in [0.15, 0.2) is 17.1 Å². The second-order valence-corrected chi connectivity index (χ2v) is 7.23. The van der Waals surface area contributed by atoms with Crippen molar-refractivity contribution >= 4 is 29.1 Å². The first-order valence-electron chi connectivity index (χ1n) is 7.24. The molecule has 0 spiro atoms. The van der Waals surface area contributed by atoms with Crippen LogP contribution in [-0.2, 0) is 6.42 Å². The lowest BCUT2D eigenvalue weighted by Crippen LogP contribution is -2.43. The number of nitrogens with one attached hydrogen (secondary N) is 2. The SMILES string of the molecule is CCNC(=NCCCSC)NC(C)Cc1ccc(C)s1. The molecule has 1 atom stereocenters. The fourth-order valence-electron chi connectivity index (χ4n) is 1.90. The van der Waals surface area contributed by atoms with Crippen molar-refractivity contribution in [3.05, 3.63) is 21.9 Å². The topological polar surface area (TPSA) is 36.4 Å². The van der Waals surface area contributed by atoms with Gasteiger partial charge in [0.05, 0.1) is 0 Å². The second-order valence-electron chi connectivity index (χ2n) is 4.87. The maximum absolute atomic E-state index is 4.62. The molecule has 20 heavy (non-hydrogen) atoms. The molecule has 0 fully saturated rings. The van der Waals surface area contributed by atoms with Crippen LogP contribution in [-0.4, -0.2) is 37.1 Å². The zero-order chi connectivity index (χ0) is 14.8. The quantitative estimate of drug-likeness (QED) is 0.439. The van der Waals surface area contributed by atoms with E-state index in [0.717, 1.165) is 31.9 Å². The van der Waals surface area contributed by atoms with E-state index in [9.17, 15) is 0 Å². The van der Waals surface area contributed by atoms with Crippen LogP contribution in [0, 0.1) is 6.92 Å². The molecular formula is C15H27N3S2. The number of thioether (sulfide) groups is 1. The molecule has 0 saturated heterocycles. The molecule has 1 unspecified atom stereocenters. The number of aryl methyl sites for hydroxylation is 1. The molecule has 1 aromatic rings. The van der Waals surface area contributed by atoms with E-state index in [2.05, 4.69) is 54.8 Å². The third-order valence-electron chi connectivity index (χ3n) is 2.81. The number of nitrogens with zero attached hydrogens (tertiary/aromatic N) is 1. The molecule has 0 aliphatic rings. The van der Waals surface area contributed by atoms with Crippen LogP contribution in [0.5, 0.6) is 0 Å². The van der Waals surface area contributed by atoms with Crippen molar-refractivity contribution < 1.29 is 0 Å². The molecule has 1 rings (SSSR count). The van der Waals surface area contributed by atoms with Gasteiger partial charge in [0.2, 0.25) is 0 Å². The normalized spacial score (nSPS) is 13.3. The third kappa shape index (κ3) is 7.20.